The summed E-state index contributed by atoms with van der Waals surface area (Å²) < 4.78 is 13.1. The molecule has 0 heterocycles. The Morgan fingerprint density at radius 3 is 2.08 bits per heavy atom. The zero-order valence-corrected chi connectivity index (χ0v) is 7.30. The molecule has 6 heteroatoms. The Morgan fingerprint density at radius 2 is 2.08 bits per heavy atom. The summed E-state index contributed by atoms with van der Waals surface area (Å²) in [4.78, 5) is 17.6. The van der Waals surface area contributed by atoms with Crippen LogP contribution in [-0.2, 0) is 13.9 Å². The monoisotopic (exact) mass is 196 g/mol. The molecule has 0 bridgehead atoms. The molecule has 1 unspecified atom stereocenters. The fraction of sp³-hybridized carbons (Fsp3) is 0.500. The van der Waals surface area contributed by atoms with Crippen LogP contribution in [0.1, 0.15) is 7.43 Å². The molecule has 0 aliphatic rings. The van der Waals surface area contributed by atoms with Gasteiger partial charge in [-0.1, -0.05) is 14.0 Å². The van der Waals surface area contributed by atoms with E-state index in [1.165, 1.54) is 13.2 Å². The number of likely N-dealkylation sites (N-methyl/N-ethyl adjacent to an activating group) is 1. The molecule has 0 aromatic carbocycles. The molecule has 0 saturated heterocycles. The first kappa shape index (κ1) is 17.4. The van der Waals surface area contributed by atoms with Gasteiger partial charge in [-0.25, -0.2) is 0 Å². The van der Waals surface area contributed by atoms with Crippen molar-refractivity contribution < 1.29 is 18.8 Å². The summed E-state index contributed by atoms with van der Waals surface area (Å²) in [5.74, 6) is -0.144. The molecule has 12 heavy (non-hydrogen) atoms. The van der Waals surface area contributed by atoms with Crippen molar-refractivity contribution in [3.8, 4) is 0 Å². The third-order valence-corrected chi connectivity index (χ3v) is 0.900. The molecule has 2 N–H and O–H groups in total. The minimum atomic E-state index is -2.35. The van der Waals surface area contributed by atoms with Gasteiger partial charge in [-0.3, -0.25) is 4.79 Å². The van der Waals surface area contributed by atoms with Gasteiger partial charge in [0.15, 0.2) is 0 Å². The van der Waals surface area contributed by atoms with Crippen molar-refractivity contribution in [3.63, 3.8) is 0 Å². The van der Waals surface area contributed by atoms with Crippen LogP contribution in [0.3, 0.4) is 0 Å². The number of rotatable bonds is 2. The first-order valence-electron chi connectivity index (χ1n) is 2.62. The quantitative estimate of drug-likeness (QED) is 0.506. The largest absolute Gasteiger partial charge is 0.694 e. The highest BCUT2D eigenvalue weighted by Gasteiger charge is 2.02. The number of carbonyl (C=O) groups is 1. The zero-order chi connectivity index (χ0) is 9.28. The van der Waals surface area contributed by atoms with Crippen LogP contribution in [0.25, 0.3) is 0 Å². The molecule has 1 amide bonds. The fourth-order valence-corrected chi connectivity index (χ4v) is 0.102. The van der Waals surface area contributed by atoms with E-state index < -0.39 is 8.25 Å². The SMILES string of the molecule is C.C=CC(=O)NC.CO[P+](=O)O. The van der Waals surface area contributed by atoms with Crippen LogP contribution in [0.15, 0.2) is 12.7 Å². The number of hydrogen-bond acceptors (Lipinski definition) is 3. The molecule has 0 fully saturated rings. The van der Waals surface area contributed by atoms with Gasteiger partial charge in [-0.2, -0.15) is 0 Å². The lowest BCUT2D eigenvalue weighted by molar-refractivity contribution is -0.116. The summed E-state index contributed by atoms with van der Waals surface area (Å²) in [6, 6.07) is 0. The van der Waals surface area contributed by atoms with Crippen molar-refractivity contribution in [1.29, 1.82) is 0 Å². The van der Waals surface area contributed by atoms with Crippen LogP contribution in [0.5, 0.6) is 0 Å². The van der Waals surface area contributed by atoms with Crippen LogP contribution in [-0.4, -0.2) is 25.0 Å². The van der Waals surface area contributed by atoms with E-state index in [1.54, 1.807) is 7.05 Å². The number of hydrogen-bond donors (Lipinski definition) is 2. The summed E-state index contributed by atoms with van der Waals surface area (Å²) in [5, 5.41) is 2.36. The van der Waals surface area contributed by atoms with Crippen molar-refractivity contribution in [2.75, 3.05) is 14.2 Å². The summed E-state index contributed by atoms with van der Waals surface area (Å²) >= 11 is 0. The molecule has 1 atom stereocenters. The smallest absolute Gasteiger partial charge is 0.356 e. The van der Waals surface area contributed by atoms with E-state index >= 15 is 0 Å². The van der Waals surface area contributed by atoms with E-state index in [0.717, 1.165) is 0 Å². The Morgan fingerprint density at radius 1 is 1.75 bits per heavy atom. The van der Waals surface area contributed by atoms with Gasteiger partial charge < -0.3 is 5.32 Å². The molecule has 72 valence electrons. The zero-order valence-electron chi connectivity index (χ0n) is 6.40. The van der Waals surface area contributed by atoms with E-state index in [9.17, 15) is 9.36 Å². The van der Waals surface area contributed by atoms with Crippen molar-refractivity contribution in [2.24, 2.45) is 0 Å². The third-order valence-electron chi connectivity index (χ3n) is 0.588. The van der Waals surface area contributed by atoms with Gasteiger partial charge in [-0.15, -0.1) is 9.42 Å². The fourth-order valence-electron chi connectivity index (χ4n) is 0.102. The first-order chi connectivity index (χ1) is 5.08. The van der Waals surface area contributed by atoms with Crippen LogP contribution in [0.4, 0.5) is 0 Å². The second-order valence-electron chi connectivity index (χ2n) is 1.24. The summed E-state index contributed by atoms with van der Waals surface area (Å²) in [7, 11) is 0.377. The first-order valence-corrected chi connectivity index (χ1v) is 3.75. The average molecular weight is 196 g/mol. The van der Waals surface area contributed by atoms with E-state index in [0.29, 0.717) is 0 Å². The highest BCUT2D eigenvalue weighted by Crippen LogP contribution is 2.09. The third kappa shape index (κ3) is 22.9. The van der Waals surface area contributed by atoms with Crippen molar-refractivity contribution in [1.82, 2.24) is 5.32 Å². The predicted octanol–water partition coefficient (Wildman–Crippen LogP) is 0.837. The highest BCUT2D eigenvalue weighted by atomic mass is 31.1. The summed E-state index contributed by atoms with van der Waals surface area (Å²) in [6.45, 7) is 3.22. The van der Waals surface area contributed by atoms with Gasteiger partial charge in [0, 0.05) is 11.6 Å². The van der Waals surface area contributed by atoms with Gasteiger partial charge in [0.25, 0.3) is 0 Å². The lowest BCUT2D eigenvalue weighted by Gasteiger charge is -1.82. The lowest BCUT2D eigenvalue weighted by atomic mass is 10.6. The average Bonchev–Trinajstić information content (AvgIpc) is 2.04. The van der Waals surface area contributed by atoms with Crippen LogP contribution < -0.4 is 5.32 Å². The van der Waals surface area contributed by atoms with Crippen molar-refractivity contribution in [2.45, 2.75) is 7.43 Å². The second-order valence-corrected chi connectivity index (χ2v) is 2.08. The molecule has 0 saturated carbocycles. The number of nitrogens with one attached hydrogen (secondary N) is 1. The van der Waals surface area contributed by atoms with Gasteiger partial charge in [0.2, 0.25) is 5.91 Å². The van der Waals surface area contributed by atoms with Gasteiger partial charge in [0.05, 0.1) is 7.11 Å². The Balaban J connectivity index is -0.000000126. The summed E-state index contributed by atoms with van der Waals surface area (Å²) in [6.07, 6.45) is 1.22. The Bertz CT molecular complexity index is 148. The van der Waals surface area contributed by atoms with E-state index in [2.05, 4.69) is 16.4 Å². The number of carbonyl (C=O) groups excluding carboxylic acids is 1. The van der Waals surface area contributed by atoms with Crippen LogP contribution >= 0.6 is 8.25 Å². The molecule has 0 aliphatic heterocycles. The van der Waals surface area contributed by atoms with Gasteiger partial charge in [-0.05, 0) is 6.08 Å². The minimum absolute atomic E-state index is 0. The molecule has 0 aromatic rings. The normalized spacial score (nSPS) is 8.08. The predicted molar refractivity (Wildman–Crippen MR) is 47.8 cm³/mol. The topological polar surface area (TPSA) is 75.6 Å². The minimum Gasteiger partial charge on any atom is -0.356 e. The molecular weight excluding hydrogens is 181 g/mol. The highest BCUT2D eigenvalue weighted by molar-refractivity contribution is 7.32. The van der Waals surface area contributed by atoms with E-state index in [-0.39, 0.29) is 13.3 Å². The van der Waals surface area contributed by atoms with Crippen LogP contribution in [0.2, 0.25) is 0 Å². The summed E-state index contributed by atoms with van der Waals surface area (Å²) in [5.41, 5.74) is 0. The maximum absolute atomic E-state index is 9.95. The Kier molecular flexibility index (Phi) is 18.6. The van der Waals surface area contributed by atoms with Gasteiger partial charge >= 0.3 is 8.25 Å². The lowest BCUT2D eigenvalue weighted by Crippen LogP contribution is -2.13. The molecule has 0 spiro atoms. The number of amides is 1. The molecule has 5 nitrogen and oxygen atoms in total. The van der Waals surface area contributed by atoms with Gasteiger partial charge in [0.1, 0.15) is 0 Å². The van der Waals surface area contributed by atoms with E-state index in [4.69, 9.17) is 4.89 Å². The Hall–Kier alpha value is -0.770. The molecule has 0 radical (unpaired) electrons. The second kappa shape index (κ2) is 12.9. The maximum Gasteiger partial charge on any atom is 0.694 e. The van der Waals surface area contributed by atoms with Crippen molar-refractivity contribution >= 4 is 14.2 Å². The Labute approximate surface area is 73.4 Å². The van der Waals surface area contributed by atoms with Crippen molar-refractivity contribution in [3.05, 3.63) is 12.7 Å². The molecular formula is C6H15NO4P+. The van der Waals surface area contributed by atoms with Crippen LogP contribution in [0, 0.1) is 0 Å². The molecule has 0 aromatic heterocycles. The maximum atomic E-state index is 9.95. The molecule has 0 rings (SSSR count). The molecule has 0 aliphatic carbocycles. The standard InChI is InChI=1S/C4H7NO.CH3O3P.CH4/c1-3-4(6)5-2;1-4-5(2)3;/h3H,1H2,2H3,(H,5,6);1H3;1H4/p+1. The van der Waals surface area contributed by atoms with E-state index in [1.807, 2.05) is 0 Å².